The summed E-state index contributed by atoms with van der Waals surface area (Å²) < 4.78 is 0. The highest BCUT2D eigenvalue weighted by molar-refractivity contribution is 5.99. The van der Waals surface area contributed by atoms with Gasteiger partial charge < -0.3 is 10.0 Å². The zero-order valence-corrected chi connectivity index (χ0v) is 10.7. The molecular weight excluding hydrogens is 242 g/mol. The summed E-state index contributed by atoms with van der Waals surface area (Å²) in [5.74, 6) is -1.26. The second-order valence-corrected chi connectivity index (χ2v) is 4.27. The normalized spacial score (nSPS) is 10.4. The van der Waals surface area contributed by atoms with Crippen molar-refractivity contribution in [3.8, 4) is 0 Å². The Morgan fingerprint density at radius 2 is 1.79 bits per heavy atom. The molecule has 0 saturated heterocycles. The van der Waals surface area contributed by atoms with Crippen molar-refractivity contribution in [1.82, 2.24) is 4.90 Å². The lowest BCUT2D eigenvalue weighted by Gasteiger charge is -2.18. The van der Waals surface area contributed by atoms with Crippen molar-refractivity contribution in [1.29, 1.82) is 0 Å². The Morgan fingerprint density at radius 3 is 2.42 bits per heavy atom. The fraction of sp³-hybridized carbons (Fsp3) is 0.200. The van der Waals surface area contributed by atoms with Gasteiger partial charge in [-0.25, -0.2) is 0 Å². The third-order valence-electron chi connectivity index (χ3n) is 2.99. The zero-order chi connectivity index (χ0) is 13.8. The highest BCUT2D eigenvalue weighted by Gasteiger charge is 2.16. The number of rotatable bonds is 4. The first kappa shape index (κ1) is 13.1. The molecule has 0 aliphatic carbocycles. The lowest BCUT2D eigenvalue weighted by Crippen LogP contribution is -2.35. The van der Waals surface area contributed by atoms with Crippen molar-refractivity contribution in [2.75, 3.05) is 13.1 Å². The molecule has 1 amide bonds. The topological polar surface area (TPSA) is 57.6 Å². The van der Waals surface area contributed by atoms with Gasteiger partial charge in [-0.2, -0.15) is 0 Å². The van der Waals surface area contributed by atoms with Crippen molar-refractivity contribution in [3.05, 3.63) is 48.0 Å². The van der Waals surface area contributed by atoms with Gasteiger partial charge in [0.1, 0.15) is 6.54 Å². The molecule has 0 bridgehead atoms. The second-order valence-electron chi connectivity index (χ2n) is 4.27. The van der Waals surface area contributed by atoms with Crippen molar-refractivity contribution in [2.24, 2.45) is 0 Å². The number of nitrogens with zero attached hydrogens (tertiary/aromatic N) is 1. The molecule has 2 aromatic rings. The van der Waals surface area contributed by atoms with Crippen LogP contribution < -0.4 is 0 Å². The number of amides is 1. The van der Waals surface area contributed by atoms with Crippen LogP contribution in [0.5, 0.6) is 0 Å². The number of hydrogen-bond acceptors (Lipinski definition) is 2. The predicted octanol–water partition coefficient (Wildman–Crippen LogP) is 2.39. The minimum absolute atomic E-state index is 0.254. The van der Waals surface area contributed by atoms with Gasteiger partial charge in [0.25, 0.3) is 5.91 Å². The zero-order valence-electron chi connectivity index (χ0n) is 10.7. The maximum atomic E-state index is 12.2. The van der Waals surface area contributed by atoms with Gasteiger partial charge in [-0.05, 0) is 29.8 Å². The van der Waals surface area contributed by atoms with E-state index in [9.17, 15) is 9.59 Å². The summed E-state index contributed by atoms with van der Waals surface area (Å²) in [4.78, 5) is 24.3. The van der Waals surface area contributed by atoms with Crippen LogP contribution in [0.25, 0.3) is 10.8 Å². The molecular formula is C15H15NO3. The van der Waals surface area contributed by atoms with E-state index >= 15 is 0 Å². The molecule has 0 saturated carbocycles. The van der Waals surface area contributed by atoms with E-state index in [4.69, 9.17) is 5.11 Å². The molecule has 0 aliphatic rings. The first-order valence-electron chi connectivity index (χ1n) is 6.11. The summed E-state index contributed by atoms with van der Waals surface area (Å²) in [5, 5.41) is 10.8. The maximum Gasteiger partial charge on any atom is 0.323 e. The number of aliphatic carboxylic acids is 1. The van der Waals surface area contributed by atoms with E-state index in [0.717, 1.165) is 10.8 Å². The monoisotopic (exact) mass is 257 g/mol. The Kier molecular flexibility index (Phi) is 3.80. The highest BCUT2D eigenvalue weighted by atomic mass is 16.4. The summed E-state index contributed by atoms with van der Waals surface area (Å²) in [6.07, 6.45) is 0. The van der Waals surface area contributed by atoms with E-state index in [1.807, 2.05) is 30.3 Å². The quantitative estimate of drug-likeness (QED) is 0.914. The van der Waals surface area contributed by atoms with Crippen LogP contribution in [-0.2, 0) is 4.79 Å². The van der Waals surface area contributed by atoms with E-state index in [2.05, 4.69) is 0 Å². The summed E-state index contributed by atoms with van der Waals surface area (Å²) in [5.41, 5.74) is 0.516. The number of carboxylic acids is 1. The van der Waals surface area contributed by atoms with Crippen LogP contribution in [0, 0.1) is 0 Å². The van der Waals surface area contributed by atoms with Crippen LogP contribution in [0.1, 0.15) is 17.3 Å². The van der Waals surface area contributed by atoms with E-state index in [-0.39, 0.29) is 12.5 Å². The number of carbonyl (C=O) groups excluding carboxylic acids is 1. The summed E-state index contributed by atoms with van der Waals surface area (Å²) >= 11 is 0. The minimum atomic E-state index is -1.00. The first-order chi connectivity index (χ1) is 9.11. The number of carboxylic acid groups (broad SMARTS) is 1. The van der Waals surface area contributed by atoms with Gasteiger partial charge in [-0.3, -0.25) is 9.59 Å². The molecule has 0 heterocycles. The minimum Gasteiger partial charge on any atom is -0.480 e. The first-order valence-corrected chi connectivity index (χ1v) is 6.11. The van der Waals surface area contributed by atoms with Gasteiger partial charge in [0.15, 0.2) is 0 Å². The number of fused-ring (bicyclic) bond motifs is 1. The summed E-state index contributed by atoms with van der Waals surface area (Å²) in [7, 11) is 0. The fourth-order valence-corrected chi connectivity index (χ4v) is 2.00. The van der Waals surface area contributed by atoms with Crippen LogP contribution >= 0.6 is 0 Å². The van der Waals surface area contributed by atoms with Crippen molar-refractivity contribution in [2.45, 2.75) is 6.92 Å². The fourth-order valence-electron chi connectivity index (χ4n) is 2.00. The van der Waals surface area contributed by atoms with Gasteiger partial charge in [0.2, 0.25) is 0 Å². The van der Waals surface area contributed by atoms with E-state index in [1.54, 1.807) is 19.1 Å². The maximum absolute atomic E-state index is 12.2. The van der Waals surface area contributed by atoms with Crippen LogP contribution in [0.3, 0.4) is 0 Å². The molecule has 0 aromatic heterocycles. The van der Waals surface area contributed by atoms with Crippen molar-refractivity contribution >= 4 is 22.6 Å². The average Bonchev–Trinajstić information content (AvgIpc) is 2.43. The third kappa shape index (κ3) is 2.91. The van der Waals surface area contributed by atoms with Gasteiger partial charge in [-0.1, -0.05) is 30.3 Å². The molecule has 0 radical (unpaired) electrons. The Labute approximate surface area is 111 Å². The Bertz CT molecular complexity index is 622. The highest BCUT2D eigenvalue weighted by Crippen LogP contribution is 2.16. The lowest BCUT2D eigenvalue weighted by molar-refractivity contribution is -0.137. The van der Waals surface area contributed by atoms with Crippen LogP contribution in [-0.4, -0.2) is 35.0 Å². The Morgan fingerprint density at radius 1 is 1.11 bits per heavy atom. The van der Waals surface area contributed by atoms with E-state index in [0.29, 0.717) is 12.1 Å². The molecule has 0 spiro atoms. The molecule has 2 aromatic carbocycles. The third-order valence-corrected chi connectivity index (χ3v) is 2.99. The predicted molar refractivity (Wildman–Crippen MR) is 73.2 cm³/mol. The molecule has 19 heavy (non-hydrogen) atoms. The number of carbonyl (C=O) groups is 2. The van der Waals surface area contributed by atoms with Gasteiger partial charge in [0, 0.05) is 12.1 Å². The van der Waals surface area contributed by atoms with Gasteiger partial charge in [0.05, 0.1) is 0 Å². The number of hydrogen-bond donors (Lipinski definition) is 1. The Hall–Kier alpha value is -2.36. The van der Waals surface area contributed by atoms with Crippen LogP contribution in [0.15, 0.2) is 42.5 Å². The molecule has 0 atom stereocenters. The molecule has 4 heteroatoms. The Balaban J connectivity index is 2.32. The van der Waals surface area contributed by atoms with E-state index in [1.165, 1.54) is 4.90 Å². The summed E-state index contributed by atoms with van der Waals surface area (Å²) in [6.45, 7) is 1.86. The lowest BCUT2D eigenvalue weighted by atomic mass is 10.1. The largest absolute Gasteiger partial charge is 0.480 e. The molecule has 1 N–H and O–H groups in total. The molecule has 0 aliphatic heterocycles. The smallest absolute Gasteiger partial charge is 0.323 e. The molecule has 0 fully saturated rings. The van der Waals surface area contributed by atoms with Gasteiger partial charge in [-0.15, -0.1) is 0 Å². The van der Waals surface area contributed by atoms with Crippen LogP contribution in [0.2, 0.25) is 0 Å². The summed E-state index contributed by atoms with van der Waals surface area (Å²) in [6, 6.07) is 13.1. The number of benzene rings is 2. The molecule has 0 unspecified atom stereocenters. The SMILES string of the molecule is CCN(CC(=O)O)C(=O)c1ccc2ccccc2c1. The molecule has 4 nitrogen and oxygen atoms in total. The van der Waals surface area contributed by atoms with Crippen molar-refractivity contribution < 1.29 is 14.7 Å². The van der Waals surface area contributed by atoms with Gasteiger partial charge >= 0.3 is 5.97 Å². The molecule has 98 valence electrons. The number of likely N-dealkylation sites (N-methyl/N-ethyl adjacent to an activating group) is 1. The average molecular weight is 257 g/mol. The van der Waals surface area contributed by atoms with E-state index < -0.39 is 5.97 Å². The standard InChI is InChI=1S/C15H15NO3/c1-2-16(10-14(17)18)15(19)13-8-7-11-5-3-4-6-12(11)9-13/h3-9H,2,10H2,1H3,(H,17,18). The van der Waals surface area contributed by atoms with Crippen molar-refractivity contribution in [3.63, 3.8) is 0 Å². The molecule has 2 rings (SSSR count). The second kappa shape index (κ2) is 5.52. The van der Waals surface area contributed by atoms with Crippen LogP contribution in [0.4, 0.5) is 0 Å².